The van der Waals surface area contributed by atoms with Gasteiger partial charge in [-0.25, -0.2) is 0 Å². The molecule has 0 fully saturated rings. The molecule has 2 amide bonds. The van der Waals surface area contributed by atoms with E-state index in [0.717, 1.165) is 18.2 Å². The van der Waals surface area contributed by atoms with Crippen LogP contribution in [-0.2, 0) is 19.7 Å². The van der Waals surface area contributed by atoms with Crippen LogP contribution in [0.2, 0.25) is 5.02 Å². The van der Waals surface area contributed by atoms with E-state index in [2.05, 4.69) is 10.6 Å². The van der Waals surface area contributed by atoms with Crippen LogP contribution < -0.4 is 14.8 Å². The molecule has 0 spiro atoms. The van der Waals surface area contributed by atoms with Gasteiger partial charge in [-0.3, -0.25) is 19.7 Å². The molecule has 3 aromatic rings. The first-order chi connectivity index (χ1) is 17.5. The van der Waals surface area contributed by atoms with Crippen LogP contribution in [0.3, 0.4) is 0 Å². The second-order valence-electron chi connectivity index (χ2n) is 7.33. The van der Waals surface area contributed by atoms with E-state index in [0.29, 0.717) is 5.69 Å². The van der Waals surface area contributed by atoms with Gasteiger partial charge in [0.15, 0.2) is 0 Å². The summed E-state index contributed by atoms with van der Waals surface area (Å²) in [6.45, 7) is 1.31. The number of hydrogen-bond donors (Lipinski definition) is 2. The quantitative estimate of drug-likeness (QED) is 0.138. The number of hydrogen-bond acceptors (Lipinski definition) is 8. The molecule has 0 aliphatic rings. The van der Waals surface area contributed by atoms with Crippen LogP contribution in [0.1, 0.15) is 12.5 Å². The third kappa shape index (κ3) is 6.91. The number of anilines is 2. The number of nitriles is 1. The molecule has 0 unspecified atom stereocenters. The summed E-state index contributed by atoms with van der Waals surface area (Å²) in [5, 5.41) is 25.4. The van der Waals surface area contributed by atoms with E-state index in [-0.39, 0.29) is 38.5 Å². The molecule has 37 heavy (non-hydrogen) atoms. The van der Waals surface area contributed by atoms with E-state index in [9.17, 15) is 33.4 Å². The largest absolute Gasteiger partial charge is 0.378 e. The number of carbonyl (C=O) groups is 2. The molecule has 3 rings (SSSR count). The highest BCUT2D eigenvalue weighted by Gasteiger charge is 2.20. The molecular weight excluding hydrogens is 524 g/mol. The lowest BCUT2D eigenvalue weighted by molar-refractivity contribution is -0.384. The molecule has 2 N–H and O–H groups in total. The summed E-state index contributed by atoms with van der Waals surface area (Å²) in [5.74, 6) is -1.42. The Bertz CT molecular complexity index is 1560. The maximum atomic E-state index is 12.8. The van der Waals surface area contributed by atoms with Crippen LogP contribution in [0.15, 0.2) is 77.2 Å². The first-order valence-corrected chi connectivity index (χ1v) is 12.1. The maximum Gasteiger partial charge on any atom is 0.339 e. The summed E-state index contributed by atoms with van der Waals surface area (Å²) in [6, 6.07) is 16.2. The van der Waals surface area contributed by atoms with Crippen molar-refractivity contribution in [2.45, 2.75) is 11.8 Å². The minimum atomic E-state index is -4.32. The fourth-order valence-corrected chi connectivity index (χ4v) is 4.09. The van der Waals surface area contributed by atoms with Crippen LogP contribution in [0, 0.1) is 21.4 Å². The highest BCUT2D eigenvalue weighted by Crippen LogP contribution is 2.29. The molecule has 0 heterocycles. The van der Waals surface area contributed by atoms with Crippen LogP contribution in [-0.4, -0.2) is 25.2 Å². The van der Waals surface area contributed by atoms with E-state index in [1.54, 1.807) is 6.07 Å². The number of nitro benzene ring substituents is 1. The zero-order chi connectivity index (χ0) is 27.2. The number of rotatable bonds is 8. The van der Waals surface area contributed by atoms with Crippen molar-refractivity contribution in [1.82, 2.24) is 0 Å². The Hall–Kier alpha value is -4.73. The Labute approximate surface area is 216 Å². The van der Waals surface area contributed by atoms with Crippen molar-refractivity contribution < 1.29 is 27.1 Å². The number of carbonyl (C=O) groups excluding carboxylic acids is 2. The lowest BCUT2D eigenvalue weighted by atomic mass is 10.1. The number of nitro groups is 1. The summed E-state index contributed by atoms with van der Waals surface area (Å²) in [7, 11) is -4.32. The van der Waals surface area contributed by atoms with E-state index in [4.69, 9.17) is 15.8 Å². The normalized spacial score (nSPS) is 11.2. The lowest BCUT2D eigenvalue weighted by Gasteiger charge is -2.11. The summed E-state index contributed by atoms with van der Waals surface area (Å²) >= 11 is 6.00. The molecule has 0 aliphatic heterocycles. The first kappa shape index (κ1) is 26.9. The van der Waals surface area contributed by atoms with Crippen LogP contribution in [0.5, 0.6) is 5.75 Å². The molecule has 188 valence electrons. The molecule has 0 saturated heterocycles. The second-order valence-corrected chi connectivity index (χ2v) is 9.28. The SMILES string of the molecule is CC(=O)Nc1ccc(S(=O)(=O)Oc2ccccc2/C=C(\C#N)C(=O)Nc2cc([N+](=O)[O-])ccc2Cl)cc1. The summed E-state index contributed by atoms with van der Waals surface area (Å²) in [4.78, 5) is 34.0. The third-order valence-electron chi connectivity index (χ3n) is 4.66. The van der Waals surface area contributed by atoms with Gasteiger partial charge in [0.2, 0.25) is 5.91 Å². The van der Waals surface area contributed by atoms with Crippen molar-refractivity contribution >= 4 is 56.7 Å². The van der Waals surface area contributed by atoms with Crippen molar-refractivity contribution in [2.75, 3.05) is 10.6 Å². The Morgan fingerprint density at radius 1 is 1.08 bits per heavy atom. The van der Waals surface area contributed by atoms with Crippen molar-refractivity contribution in [2.24, 2.45) is 0 Å². The number of benzene rings is 3. The summed E-state index contributed by atoms with van der Waals surface area (Å²) in [5.41, 5.74) is -0.371. The fourth-order valence-electron chi connectivity index (χ4n) is 2.97. The molecule has 0 saturated carbocycles. The van der Waals surface area contributed by atoms with Crippen molar-refractivity contribution in [3.63, 3.8) is 0 Å². The van der Waals surface area contributed by atoms with Gasteiger partial charge in [-0.2, -0.15) is 13.7 Å². The van der Waals surface area contributed by atoms with E-state index >= 15 is 0 Å². The molecule has 0 aromatic heterocycles. The number of amides is 2. The topological polar surface area (TPSA) is 168 Å². The van der Waals surface area contributed by atoms with Crippen LogP contribution in [0.4, 0.5) is 17.1 Å². The van der Waals surface area contributed by atoms with Gasteiger partial charge < -0.3 is 14.8 Å². The van der Waals surface area contributed by atoms with E-state index in [1.165, 1.54) is 61.5 Å². The standard InChI is InChI=1S/C24H17ClN4O7S/c1-15(30)27-18-6-9-20(10-7-18)37(34,35)36-23-5-3-2-4-16(23)12-17(14-26)24(31)28-22-13-19(29(32)33)8-11-21(22)25/h2-13H,1H3,(H,27,30)(H,28,31)/b17-12+. The minimum Gasteiger partial charge on any atom is -0.378 e. The predicted octanol–water partition coefficient (Wildman–Crippen LogP) is 4.52. The molecule has 0 bridgehead atoms. The number of non-ortho nitro benzene ring substituents is 1. The van der Waals surface area contributed by atoms with Crippen molar-refractivity contribution in [3.05, 3.63) is 93.0 Å². The fraction of sp³-hybridized carbons (Fsp3) is 0.0417. The summed E-state index contributed by atoms with van der Waals surface area (Å²) in [6.07, 6.45) is 1.10. The highest BCUT2D eigenvalue weighted by atomic mass is 35.5. The molecule has 3 aromatic carbocycles. The van der Waals surface area contributed by atoms with Crippen molar-refractivity contribution in [3.8, 4) is 11.8 Å². The molecule has 0 atom stereocenters. The lowest BCUT2D eigenvalue weighted by Crippen LogP contribution is -2.14. The molecule has 13 heteroatoms. The van der Waals surface area contributed by atoms with Gasteiger partial charge in [-0.1, -0.05) is 29.8 Å². The van der Waals surface area contributed by atoms with Gasteiger partial charge >= 0.3 is 10.1 Å². The van der Waals surface area contributed by atoms with Gasteiger partial charge in [0.25, 0.3) is 11.6 Å². The van der Waals surface area contributed by atoms with E-state index < -0.39 is 26.5 Å². The number of para-hydroxylation sites is 1. The molecule has 0 aliphatic carbocycles. The maximum absolute atomic E-state index is 12.8. The summed E-state index contributed by atoms with van der Waals surface area (Å²) < 4.78 is 30.8. The zero-order valence-corrected chi connectivity index (χ0v) is 20.5. The Morgan fingerprint density at radius 2 is 1.76 bits per heavy atom. The van der Waals surface area contributed by atoms with Gasteiger partial charge in [0, 0.05) is 30.3 Å². The Morgan fingerprint density at radius 3 is 2.38 bits per heavy atom. The van der Waals surface area contributed by atoms with Crippen molar-refractivity contribution in [1.29, 1.82) is 5.26 Å². The van der Waals surface area contributed by atoms with Crippen LogP contribution >= 0.6 is 11.6 Å². The average molecular weight is 541 g/mol. The highest BCUT2D eigenvalue weighted by molar-refractivity contribution is 7.87. The Balaban J connectivity index is 1.88. The van der Waals surface area contributed by atoms with Gasteiger partial charge in [0.1, 0.15) is 22.3 Å². The zero-order valence-electron chi connectivity index (χ0n) is 19.0. The number of nitrogens with one attached hydrogen (secondary N) is 2. The number of halogens is 1. The third-order valence-corrected chi connectivity index (χ3v) is 6.23. The number of nitrogens with zero attached hydrogens (tertiary/aromatic N) is 2. The van der Waals surface area contributed by atoms with Gasteiger partial charge in [-0.05, 0) is 42.5 Å². The average Bonchev–Trinajstić information content (AvgIpc) is 2.84. The first-order valence-electron chi connectivity index (χ1n) is 10.3. The van der Waals surface area contributed by atoms with Crippen LogP contribution in [0.25, 0.3) is 6.08 Å². The predicted molar refractivity (Wildman–Crippen MR) is 135 cm³/mol. The smallest absolute Gasteiger partial charge is 0.339 e. The molecule has 11 nitrogen and oxygen atoms in total. The van der Waals surface area contributed by atoms with Gasteiger partial charge in [-0.15, -0.1) is 0 Å². The monoisotopic (exact) mass is 540 g/mol. The minimum absolute atomic E-state index is 0.00980. The van der Waals surface area contributed by atoms with Gasteiger partial charge in [0.05, 0.1) is 15.6 Å². The molecule has 0 radical (unpaired) electrons. The molecular formula is C24H17ClN4O7S. The Kier molecular flexibility index (Phi) is 8.23. The second kappa shape index (κ2) is 11.3. The van der Waals surface area contributed by atoms with E-state index in [1.807, 2.05) is 0 Å².